The maximum atomic E-state index is 11.7. The SMILES string of the molecule is CC(C1=CC=C(O)C(C)([N+](=O)[O-])C1)(C1=CC=C(O)C(C)([N+](=O)[O-])C1)c1ccccc1. The Labute approximate surface area is 173 Å². The zero-order valence-corrected chi connectivity index (χ0v) is 17.0. The molecule has 2 aliphatic carbocycles. The highest BCUT2D eigenvalue weighted by atomic mass is 16.6. The Balaban J connectivity index is 2.21. The van der Waals surface area contributed by atoms with E-state index in [1.807, 2.05) is 37.3 Å². The van der Waals surface area contributed by atoms with E-state index in [2.05, 4.69) is 0 Å². The summed E-state index contributed by atoms with van der Waals surface area (Å²) in [6.07, 6.45) is 5.83. The molecule has 0 saturated carbocycles. The van der Waals surface area contributed by atoms with Crippen LogP contribution in [0.2, 0.25) is 0 Å². The van der Waals surface area contributed by atoms with Crippen LogP contribution < -0.4 is 0 Å². The van der Waals surface area contributed by atoms with Crippen LogP contribution in [-0.2, 0) is 5.41 Å². The number of nitrogens with zero attached hydrogens (tertiary/aromatic N) is 2. The molecule has 2 atom stereocenters. The predicted molar refractivity (Wildman–Crippen MR) is 111 cm³/mol. The normalized spacial score (nSPS) is 28.4. The molecule has 0 aromatic heterocycles. The number of hydrogen-bond acceptors (Lipinski definition) is 6. The molecule has 0 spiro atoms. The number of allylic oxidation sites excluding steroid dienone is 4. The summed E-state index contributed by atoms with van der Waals surface area (Å²) in [6.45, 7) is 4.59. The minimum atomic E-state index is -1.69. The molecule has 0 radical (unpaired) electrons. The summed E-state index contributed by atoms with van der Waals surface area (Å²) in [7, 11) is 0. The second-order valence-electron chi connectivity index (χ2n) is 8.39. The van der Waals surface area contributed by atoms with Gasteiger partial charge in [-0.15, -0.1) is 0 Å². The van der Waals surface area contributed by atoms with E-state index in [0.29, 0.717) is 11.1 Å². The molecule has 0 bridgehead atoms. The minimum Gasteiger partial charge on any atom is -0.505 e. The van der Waals surface area contributed by atoms with Crippen molar-refractivity contribution in [2.45, 2.75) is 50.1 Å². The first-order valence-corrected chi connectivity index (χ1v) is 9.52. The molecule has 158 valence electrons. The van der Waals surface area contributed by atoms with Gasteiger partial charge in [0.05, 0.1) is 0 Å². The van der Waals surface area contributed by atoms with Crippen LogP contribution in [0, 0.1) is 20.2 Å². The number of aliphatic hydroxyl groups excluding tert-OH is 2. The van der Waals surface area contributed by atoms with Crippen LogP contribution >= 0.6 is 0 Å². The summed E-state index contributed by atoms with van der Waals surface area (Å²) in [5.74, 6) is -0.672. The van der Waals surface area contributed by atoms with Gasteiger partial charge in [0.15, 0.2) is 11.5 Å². The van der Waals surface area contributed by atoms with E-state index in [9.17, 15) is 30.4 Å². The largest absolute Gasteiger partial charge is 0.505 e. The fourth-order valence-corrected chi connectivity index (χ4v) is 4.11. The van der Waals surface area contributed by atoms with Gasteiger partial charge in [-0.3, -0.25) is 20.2 Å². The second-order valence-corrected chi connectivity index (χ2v) is 8.39. The molecular formula is C22H24N2O6. The zero-order chi connectivity index (χ0) is 22.3. The highest BCUT2D eigenvalue weighted by Crippen LogP contribution is 2.49. The fraction of sp³-hybridized carbons (Fsp3) is 0.364. The van der Waals surface area contributed by atoms with E-state index in [1.54, 1.807) is 12.2 Å². The van der Waals surface area contributed by atoms with Crippen LogP contribution in [0.5, 0.6) is 0 Å². The highest BCUT2D eigenvalue weighted by Gasteiger charge is 2.52. The van der Waals surface area contributed by atoms with Gasteiger partial charge in [0.2, 0.25) is 0 Å². The van der Waals surface area contributed by atoms with Gasteiger partial charge < -0.3 is 10.2 Å². The minimum absolute atomic E-state index is 0.0596. The van der Waals surface area contributed by atoms with E-state index < -0.39 is 26.3 Å². The molecule has 1 aromatic rings. The van der Waals surface area contributed by atoms with Crippen LogP contribution in [0.15, 0.2) is 77.3 Å². The Morgan fingerprint density at radius 1 is 0.833 bits per heavy atom. The summed E-state index contributed by atoms with van der Waals surface area (Å²) in [5, 5.41) is 43.8. The lowest BCUT2D eigenvalue weighted by molar-refractivity contribution is -0.558. The van der Waals surface area contributed by atoms with E-state index in [1.165, 1.54) is 26.0 Å². The molecule has 0 heterocycles. The summed E-state index contributed by atoms with van der Waals surface area (Å²) >= 11 is 0. The van der Waals surface area contributed by atoms with Gasteiger partial charge in [-0.1, -0.05) is 42.5 Å². The Kier molecular flexibility index (Phi) is 5.06. The lowest BCUT2D eigenvalue weighted by atomic mass is 9.62. The number of benzene rings is 1. The van der Waals surface area contributed by atoms with Crippen LogP contribution in [0.3, 0.4) is 0 Å². The Hall–Kier alpha value is -3.42. The molecule has 30 heavy (non-hydrogen) atoms. The first kappa shape index (κ1) is 21.3. The Bertz CT molecular complexity index is 963. The third-order valence-electron chi connectivity index (χ3n) is 6.50. The van der Waals surface area contributed by atoms with Gasteiger partial charge in [0, 0.05) is 42.0 Å². The average Bonchev–Trinajstić information content (AvgIpc) is 2.72. The van der Waals surface area contributed by atoms with Crippen molar-refractivity contribution in [2.75, 3.05) is 0 Å². The van der Waals surface area contributed by atoms with Crippen LogP contribution in [0.25, 0.3) is 0 Å². The van der Waals surface area contributed by atoms with Crippen molar-refractivity contribution in [3.8, 4) is 0 Å². The number of nitro groups is 2. The van der Waals surface area contributed by atoms with E-state index in [-0.39, 0.29) is 24.4 Å². The molecule has 2 N–H and O–H groups in total. The third-order valence-corrected chi connectivity index (χ3v) is 6.50. The quantitative estimate of drug-likeness (QED) is 0.539. The summed E-state index contributed by atoms with van der Waals surface area (Å²) in [6, 6.07) is 9.24. The molecule has 0 aliphatic heterocycles. The smallest absolute Gasteiger partial charge is 0.278 e. The molecule has 8 nitrogen and oxygen atoms in total. The van der Waals surface area contributed by atoms with Crippen molar-refractivity contribution in [2.24, 2.45) is 0 Å². The van der Waals surface area contributed by atoms with Crippen LogP contribution in [0.4, 0.5) is 0 Å². The zero-order valence-electron chi connectivity index (χ0n) is 17.0. The van der Waals surface area contributed by atoms with E-state index >= 15 is 0 Å². The maximum absolute atomic E-state index is 11.7. The van der Waals surface area contributed by atoms with Gasteiger partial charge in [-0.05, 0) is 35.8 Å². The third kappa shape index (κ3) is 3.08. The molecule has 1 aromatic carbocycles. The summed E-state index contributed by atoms with van der Waals surface area (Å²) in [4.78, 5) is 22.4. The van der Waals surface area contributed by atoms with Crippen LogP contribution in [-0.4, -0.2) is 31.1 Å². The van der Waals surface area contributed by atoms with Crippen molar-refractivity contribution in [3.05, 3.63) is 103 Å². The molecule has 2 unspecified atom stereocenters. The summed E-state index contributed by atoms with van der Waals surface area (Å²) in [5.41, 5.74) is -2.19. The van der Waals surface area contributed by atoms with Crippen LogP contribution in [0.1, 0.15) is 39.2 Å². The average molecular weight is 412 g/mol. The van der Waals surface area contributed by atoms with Gasteiger partial charge in [-0.25, -0.2) is 0 Å². The van der Waals surface area contributed by atoms with Crippen molar-refractivity contribution >= 4 is 0 Å². The van der Waals surface area contributed by atoms with Gasteiger partial charge in [0.1, 0.15) is 0 Å². The summed E-state index contributed by atoms with van der Waals surface area (Å²) < 4.78 is 0. The highest BCUT2D eigenvalue weighted by molar-refractivity contribution is 5.52. The lowest BCUT2D eigenvalue weighted by Gasteiger charge is -2.41. The maximum Gasteiger partial charge on any atom is 0.278 e. The monoisotopic (exact) mass is 412 g/mol. The van der Waals surface area contributed by atoms with Gasteiger partial charge >= 0.3 is 0 Å². The number of hydrogen-bond donors (Lipinski definition) is 2. The van der Waals surface area contributed by atoms with Crippen molar-refractivity contribution in [1.29, 1.82) is 0 Å². The first-order valence-electron chi connectivity index (χ1n) is 9.52. The number of rotatable bonds is 5. The predicted octanol–water partition coefficient (Wildman–Crippen LogP) is 4.56. The number of aliphatic hydroxyl groups is 2. The van der Waals surface area contributed by atoms with Crippen molar-refractivity contribution in [1.82, 2.24) is 0 Å². The molecule has 3 rings (SSSR count). The van der Waals surface area contributed by atoms with Gasteiger partial charge in [-0.2, -0.15) is 0 Å². The Morgan fingerprint density at radius 2 is 1.23 bits per heavy atom. The van der Waals surface area contributed by atoms with Crippen molar-refractivity contribution < 1.29 is 20.1 Å². The Morgan fingerprint density at radius 3 is 1.60 bits per heavy atom. The van der Waals surface area contributed by atoms with E-state index in [4.69, 9.17) is 0 Å². The van der Waals surface area contributed by atoms with E-state index in [0.717, 1.165) is 5.56 Å². The first-order chi connectivity index (χ1) is 14.0. The standard InChI is InChI=1S/C22H24N2O6/c1-20(23(27)28)13-16(9-11-18(20)25)22(3,15-7-5-4-6-8-15)17-10-12-19(26)21(2,14-17)24(29)30/h4-12,25-26H,13-14H2,1-3H3. The topological polar surface area (TPSA) is 127 Å². The van der Waals surface area contributed by atoms with Gasteiger partial charge in [0.25, 0.3) is 11.1 Å². The fourth-order valence-electron chi connectivity index (χ4n) is 4.11. The van der Waals surface area contributed by atoms with Crippen molar-refractivity contribution in [3.63, 3.8) is 0 Å². The molecule has 0 saturated heterocycles. The molecule has 2 aliphatic rings. The second kappa shape index (κ2) is 7.12. The molecular weight excluding hydrogens is 388 g/mol. The molecule has 8 heteroatoms. The molecule has 0 amide bonds. The lowest BCUT2D eigenvalue weighted by Crippen LogP contribution is -2.45. The molecule has 0 fully saturated rings.